The second-order valence-corrected chi connectivity index (χ2v) is 4.84. The van der Waals surface area contributed by atoms with E-state index >= 15 is 0 Å². The summed E-state index contributed by atoms with van der Waals surface area (Å²) in [6, 6.07) is 0. The maximum atomic E-state index is 8.51. The average molecular weight is 248 g/mol. The highest BCUT2D eigenvalue weighted by atomic mass is 15.3. The van der Waals surface area contributed by atoms with Crippen LogP contribution in [0.5, 0.6) is 0 Å². The van der Waals surface area contributed by atoms with Crippen LogP contribution in [0, 0.1) is 5.92 Å². The lowest BCUT2D eigenvalue weighted by Gasteiger charge is -2.27. The molecular formula is C12H20N6. The molecule has 18 heavy (non-hydrogen) atoms. The fourth-order valence-corrected chi connectivity index (χ4v) is 2.73. The molecule has 1 aromatic rings. The lowest BCUT2D eigenvalue weighted by molar-refractivity contribution is 0.174. The molecule has 98 valence electrons. The van der Waals surface area contributed by atoms with Gasteiger partial charge in [-0.1, -0.05) is 18.5 Å². The Morgan fingerprint density at radius 1 is 1.61 bits per heavy atom. The molecule has 6 nitrogen and oxygen atoms in total. The number of likely N-dealkylation sites (tertiary alicyclic amines) is 1. The monoisotopic (exact) mass is 248 g/mol. The Bertz CT molecular complexity index is 395. The van der Waals surface area contributed by atoms with Gasteiger partial charge in [0.05, 0.1) is 19.0 Å². The lowest BCUT2D eigenvalue weighted by atomic mass is 10.0. The van der Waals surface area contributed by atoms with E-state index in [2.05, 4.69) is 26.8 Å². The molecule has 0 saturated carbocycles. The van der Waals surface area contributed by atoms with Crippen LogP contribution in [0.3, 0.4) is 0 Å². The summed E-state index contributed by atoms with van der Waals surface area (Å²) in [4.78, 5) is 9.36. The number of nitrogens with zero attached hydrogens (tertiary/aromatic N) is 6. The first-order valence-electron chi connectivity index (χ1n) is 6.57. The number of aromatic nitrogens is 2. The zero-order chi connectivity index (χ0) is 12.8. The van der Waals surface area contributed by atoms with Crippen molar-refractivity contribution in [3.63, 3.8) is 0 Å². The van der Waals surface area contributed by atoms with E-state index in [1.807, 2.05) is 10.8 Å². The minimum atomic E-state index is 0.116. The summed E-state index contributed by atoms with van der Waals surface area (Å²) in [5, 5.41) is 3.73. The Hall–Kier alpha value is -1.52. The van der Waals surface area contributed by atoms with Gasteiger partial charge in [0.25, 0.3) is 0 Å². The van der Waals surface area contributed by atoms with Crippen LogP contribution in [-0.4, -0.2) is 34.1 Å². The second-order valence-electron chi connectivity index (χ2n) is 4.84. The van der Waals surface area contributed by atoms with Crippen LogP contribution in [0.15, 0.2) is 23.8 Å². The molecule has 2 unspecified atom stereocenters. The molecule has 2 heterocycles. The van der Waals surface area contributed by atoms with Gasteiger partial charge in [-0.3, -0.25) is 4.90 Å². The molecule has 1 aliphatic heterocycles. The maximum absolute atomic E-state index is 8.51. The Morgan fingerprint density at radius 2 is 2.50 bits per heavy atom. The van der Waals surface area contributed by atoms with Gasteiger partial charge in [0, 0.05) is 30.4 Å². The van der Waals surface area contributed by atoms with Gasteiger partial charge in [0.2, 0.25) is 0 Å². The normalized spacial score (nSPS) is 21.7. The first-order chi connectivity index (χ1) is 8.85. The number of imidazole rings is 1. The van der Waals surface area contributed by atoms with Gasteiger partial charge in [-0.2, -0.15) is 0 Å². The summed E-state index contributed by atoms with van der Waals surface area (Å²) in [6.45, 7) is 4.87. The molecule has 0 spiro atoms. The molecule has 1 saturated heterocycles. The highest BCUT2D eigenvalue weighted by molar-refractivity contribution is 4.86. The predicted molar refractivity (Wildman–Crippen MR) is 69.9 cm³/mol. The lowest BCUT2D eigenvalue weighted by Crippen LogP contribution is -2.32. The summed E-state index contributed by atoms with van der Waals surface area (Å²) in [5.41, 5.74) is 8.51. The standard InChI is InChI=1S/C12H20N6/c1-2-3-11-4-6-17(9-11)12(8-15-16-13)18-7-5-14-10-18/h5,7,10-12H,2-4,6,8-9H2,1H3. The molecule has 2 atom stereocenters. The van der Waals surface area contributed by atoms with Crippen molar-refractivity contribution in [1.82, 2.24) is 14.5 Å². The molecule has 6 heteroatoms. The van der Waals surface area contributed by atoms with Crippen molar-refractivity contribution in [2.24, 2.45) is 11.0 Å². The molecule has 0 radical (unpaired) electrons. The van der Waals surface area contributed by atoms with Crippen LogP contribution in [0.4, 0.5) is 0 Å². The van der Waals surface area contributed by atoms with Crippen LogP contribution < -0.4 is 0 Å². The summed E-state index contributed by atoms with van der Waals surface area (Å²) in [7, 11) is 0. The first-order valence-corrected chi connectivity index (χ1v) is 6.57. The molecule has 0 aliphatic carbocycles. The van der Waals surface area contributed by atoms with Gasteiger partial charge in [-0.15, -0.1) is 0 Å². The molecule has 0 aromatic carbocycles. The SMILES string of the molecule is CCCC1CCN(C(CN=[N+]=[N-])n2ccnc2)C1. The van der Waals surface area contributed by atoms with Gasteiger partial charge < -0.3 is 4.57 Å². The van der Waals surface area contributed by atoms with Crippen LogP contribution in [-0.2, 0) is 0 Å². The fourth-order valence-electron chi connectivity index (χ4n) is 2.73. The Kier molecular flexibility index (Phi) is 4.61. The predicted octanol–water partition coefficient (Wildman–Crippen LogP) is 2.81. The summed E-state index contributed by atoms with van der Waals surface area (Å²) in [6.07, 6.45) is 9.39. The van der Waals surface area contributed by atoms with Crippen LogP contribution in [0.25, 0.3) is 10.4 Å². The number of hydrogen-bond donors (Lipinski definition) is 0. The third-order valence-electron chi connectivity index (χ3n) is 3.61. The quantitative estimate of drug-likeness (QED) is 0.441. The number of hydrogen-bond acceptors (Lipinski definition) is 3. The van der Waals surface area contributed by atoms with E-state index < -0.39 is 0 Å². The van der Waals surface area contributed by atoms with E-state index in [1.54, 1.807) is 12.5 Å². The average Bonchev–Trinajstić information content (AvgIpc) is 3.02. The molecule has 2 rings (SSSR count). The maximum Gasteiger partial charge on any atom is 0.0959 e. The van der Waals surface area contributed by atoms with E-state index in [1.165, 1.54) is 19.3 Å². The molecular weight excluding hydrogens is 228 g/mol. The van der Waals surface area contributed by atoms with Crippen molar-refractivity contribution in [2.75, 3.05) is 19.6 Å². The molecule has 0 N–H and O–H groups in total. The first kappa shape index (κ1) is 12.9. The number of rotatable bonds is 6. The largest absolute Gasteiger partial charge is 0.321 e. The second kappa shape index (κ2) is 6.42. The highest BCUT2D eigenvalue weighted by Gasteiger charge is 2.28. The smallest absolute Gasteiger partial charge is 0.0959 e. The Morgan fingerprint density at radius 3 is 3.17 bits per heavy atom. The van der Waals surface area contributed by atoms with Gasteiger partial charge >= 0.3 is 0 Å². The zero-order valence-electron chi connectivity index (χ0n) is 10.8. The van der Waals surface area contributed by atoms with Crippen molar-refractivity contribution in [3.05, 3.63) is 29.2 Å². The van der Waals surface area contributed by atoms with Gasteiger partial charge in [0.1, 0.15) is 0 Å². The summed E-state index contributed by atoms with van der Waals surface area (Å²) >= 11 is 0. The highest BCUT2D eigenvalue weighted by Crippen LogP contribution is 2.26. The van der Waals surface area contributed by atoms with E-state index in [0.717, 1.165) is 19.0 Å². The van der Waals surface area contributed by atoms with Gasteiger partial charge in [0.15, 0.2) is 0 Å². The van der Waals surface area contributed by atoms with Crippen molar-refractivity contribution < 1.29 is 0 Å². The van der Waals surface area contributed by atoms with Crippen molar-refractivity contribution in [2.45, 2.75) is 32.4 Å². The van der Waals surface area contributed by atoms with E-state index in [4.69, 9.17) is 5.53 Å². The van der Waals surface area contributed by atoms with Crippen LogP contribution in [0.2, 0.25) is 0 Å². The zero-order valence-corrected chi connectivity index (χ0v) is 10.8. The van der Waals surface area contributed by atoms with Crippen LogP contribution >= 0.6 is 0 Å². The van der Waals surface area contributed by atoms with E-state index in [-0.39, 0.29) is 6.17 Å². The fraction of sp³-hybridized carbons (Fsp3) is 0.750. The molecule has 0 amide bonds. The Balaban J connectivity index is 2.03. The summed E-state index contributed by atoms with van der Waals surface area (Å²) < 4.78 is 2.03. The van der Waals surface area contributed by atoms with Crippen molar-refractivity contribution in [3.8, 4) is 0 Å². The number of azide groups is 1. The Labute approximate surface area is 107 Å². The minimum Gasteiger partial charge on any atom is -0.321 e. The van der Waals surface area contributed by atoms with E-state index in [9.17, 15) is 0 Å². The molecule has 0 bridgehead atoms. The molecule has 1 fully saturated rings. The van der Waals surface area contributed by atoms with Gasteiger partial charge in [-0.05, 0) is 24.3 Å². The van der Waals surface area contributed by atoms with Crippen molar-refractivity contribution in [1.29, 1.82) is 0 Å². The molecule has 1 aliphatic rings. The van der Waals surface area contributed by atoms with Gasteiger partial charge in [-0.25, -0.2) is 4.98 Å². The van der Waals surface area contributed by atoms with E-state index in [0.29, 0.717) is 6.54 Å². The third kappa shape index (κ3) is 3.03. The molecule has 1 aromatic heterocycles. The summed E-state index contributed by atoms with van der Waals surface area (Å²) in [5.74, 6) is 0.784. The van der Waals surface area contributed by atoms with Crippen molar-refractivity contribution >= 4 is 0 Å². The van der Waals surface area contributed by atoms with Crippen LogP contribution in [0.1, 0.15) is 32.4 Å². The minimum absolute atomic E-state index is 0.116. The topological polar surface area (TPSA) is 69.8 Å². The third-order valence-corrected chi connectivity index (χ3v) is 3.61.